The molecule has 1 aromatic rings. The topological polar surface area (TPSA) is 46.6 Å². The van der Waals surface area contributed by atoms with E-state index < -0.39 is 5.41 Å². The summed E-state index contributed by atoms with van der Waals surface area (Å²) >= 11 is 0. The van der Waals surface area contributed by atoms with E-state index in [9.17, 15) is 9.59 Å². The lowest BCUT2D eigenvalue weighted by atomic mass is 9.71. The van der Waals surface area contributed by atoms with E-state index in [0.29, 0.717) is 18.0 Å². The molecule has 4 heteroatoms. The maximum atomic E-state index is 13.1. The van der Waals surface area contributed by atoms with Crippen molar-refractivity contribution in [3.8, 4) is 5.75 Å². The van der Waals surface area contributed by atoms with Gasteiger partial charge in [-0.3, -0.25) is 9.59 Å². The van der Waals surface area contributed by atoms with Crippen LogP contribution in [0.1, 0.15) is 20.3 Å². The second-order valence-electron chi connectivity index (χ2n) is 6.53. The zero-order valence-electron chi connectivity index (χ0n) is 12.8. The van der Waals surface area contributed by atoms with Crippen molar-refractivity contribution in [2.45, 2.75) is 20.3 Å². The quantitative estimate of drug-likeness (QED) is 0.636. The van der Waals surface area contributed by atoms with Gasteiger partial charge in [0.05, 0.1) is 23.6 Å². The summed E-state index contributed by atoms with van der Waals surface area (Å²) in [4.78, 5) is 27.4. The molecule has 1 aliphatic heterocycles. The molecule has 1 saturated heterocycles. The molecule has 1 saturated carbocycles. The summed E-state index contributed by atoms with van der Waals surface area (Å²) in [5.74, 6) is 0.613. The molecule has 1 aromatic carbocycles. The van der Waals surface area contributed by atoms with Gasteiger partial charge in [-0.05, 0) is 44.2 Å². The second kappa shape index (κ2) is 4.45. The van der Waals surface area contributed by atoms with Crippen LogP contribution in [0.4, 0.5) is 5.69 Å². The van der Waals surface area contributed by atoms with E-state index in [1.165, 1.54) is 4.90 Å². The number of anilines is 1. The predicted molar refractivity (Wildman–Crippen MR) is 82.4 cm³/mol. The number of amides is 2. The first-order valence-electron chi connectivity index (χ1n) is 7.87. The first kappa shape index (κ1) is 13.6. The lowest BCUT2D eigenvalue weighted by molar-refractivity contribution is -0.127. The van der Waals surface area contributed by atoms with E-state index in [1.807, 2.05) is 32.0 Å². The molecule has 2 aliphatic carbocycles. The summed E-state index contributed by atoms with van der Waals surface area (Å²) in [6.07, 6.45) is 5.16. The number of carbonyl (C=O) groups is 2. The highest BCUT2D eigenvalue weighted by Gasteiger charge is 2.67. The first-order chi connectivity index (χ1) is 10.6. The number of carbonyl (C=O) groups excluding carboxylic acids is 2. The van der Waals surface area contributed by atoms with Gasteiger partial charge in [0.1, 0.15) is 5.75 Å². The van der Waals surface area contributed by atoms with Crippen LogP contribution in [0.3, 0.4) is 0 Å². The van der Waals surface area contributed by atoms with E-state index in [2.05, 4.69) is 12.2 Å². The third-order valence-corrected chi connectivity index (χ3v) is 5.52. The van der Waals surface area contributed by atoms with E-state index in [0.717, 1.165) is 6.42 Å². The van der Waals surface area contributed by atoms with Crippen LogP contribution in [0.15, 0.2) is 36.4 Å². The van der Waals surface area contributed by atoms with Crippen molar-refractivity contribution >= 4 is 17.5 Å². The Kier molecular flexibility index (Phi) is 2.74. The Morgan fingerprint density at radius 1 is 1.27 bits per heavy atom. The van der Waals surface area contributed by atoms with Gasteiger partial charge in [-0.2, -0.15) is 0 Å². The van der Waals surface area contributed by atoms with Crippen LogP contribution in [-0.2, 0) is 9.59 Å². The van der Waals surface area contributed by atoms with Gasteiger partial charge < -0.3 is 4.74 Å². The molecule has 0 unspecified atom stereocenters. The number of ether oxygens (including phenoxy) is 1. The van der Waals surface area contributed by atoms with E-state index in [-0.39, 0.29) is 29.6 Å². The summed E-state index contributed by atoms with van der Waals surface area (Å²) in [5, 5.41) is 0. The lowest BCUT2D eigenvalue weighted by Gasteiger charge is -2.28. The summed E-state index contributed by atoms with van der Waals surface area (Å²) in [7, 11) is 0. The Hall–Kier alpha value is -2.10. The maximum absolute atomic E-state index is 13.1. The zero-order valence-corrected chi connectivity index (χ0v) is 12.8. The predicted octanol–water partition coefficient (Wildman–Crippen LogP) is 2.79. The fraction of sp³-hybridized carbons (Fsp3) is 0.444. The van der Waals surface area contributed by atoms with E-state index >= 15 is 0 Å². The van der Waals surface area contributed by atoms with E-state index in [1.54, 1.807) is 6.07 Å². The number of fused-ring (bicyclic) bond motifs is 5. The van der Waals surface area contributed by atoms with Crippen molar-refractivity contribution in [3.05, 3.63) is 36.4 Å². The second-order valence-corrected chi connectivity index (χ2v) is 6.53. The molecule has 0 N–H and O–H groups in total. The Morgan fingerprint density at radius 3 is 2.77 bits per heavy atom. The number of nitrogens with zero attached hydrogens (tertiary/aromatic N) is 1. The molecular formula is C18H19NO3. The van der Waals surface area contributed by atoms with Gasteiger partial charge in [-0.15, -0.1) is 0 Å². The number of para-hydroxylation sites is 2. The van der Waals surface area contributed by atoms with Gasteiger partial charge in [-0.25, -0.2) is 4.90 Å². The third-order valence-electron chi connectivity index (χ3n) is 5.52. The van der Waals surface area contributed by atoms with Crippen LogP contribution in [0.25, 0.3) is 0 Å². The van der Waals surface area contributed by atoms with Gasteiger partial charge >= 0.3 is 0 Å². The number of hydrogen-bond donors (Lipinski definition) is 0. The monoisotopic (exact) mass is 297 g/mol. The molecule has 0 aromatic heterocycles. The smallest absolute Gasteiger partial charge is 0.241 e. The van der Waals surface area contributed by atoms with Crippen molar-refractivity contribution in [2.24, 2.45) is 23.2 Å². The molecule has 114 valence electrons. The average molecular weight is 297 g/mol. The van der Waals surface area contributed by atoms with Crippen LogP contribution in [0, 0.1) is 23.2 Å². The minimum absolute atomic E-state index is 0.0727. The summed E-state index contributed by atoms with van der Waals surface area (Å²) in [5.41, 5.74) is -0.00935. The van der Waals surface area contributed by atoms with Gasteiger partial charge in [0.2, 0.25) is 11.8 Å². The van der Waals surface area contributed by atoms with Gasteiger partial charge in [0, 0.05) is 0 Å². The molecule has 4 atom stereocenters. The fourth-order valence-electron chi connectivity index (χ4n) is 4.45. The molecular weight excluding hydrogens is 278 g/mol. The van der Waals surface area contributed by atoms with Crippen LogP contribution >= 0.6 is 0 Å². The normalized spacial score (nSPS) is 35.4. The Balaban J connectivity index is 1.80. The molecule has 2 bridgehead atoms. The number of allylic oxidation sites excluding steroid dienone is 2. The molecule has 0 radical (unpaired) electrons. The molecule has 1 heterocycles. The molecule has 4 nitrogen and oxygen atoms in total. The highest BCUT2D eigenvalue weighted by Crippen LogP contribution is 2.61. The molecule has 0 spiro atoms. The fourth-order valence-corrected chi connectivity index (χ4v) is 4.45. The lowest BCUT2D eigenvalue weighted by Crippen LogP contribution is -2.37. The van der Waals surface area contributed by atoms with Crippen molar-refractivity contribution in [1.29, 1.82) is 0 Å². The van der Waals surface area contributed by atoms with Gasteiger partial charge in [0.15, 0.2) is 0 Å². The number of rotatable bonds is 3. The largest absolute Gasteiger partial charge is 0.492 e. The highest BCUT2D eigenvalue weighted by molar-refractivity contribution is 6.25. The van der Waals surface area contributed by atoms with Gasteiger partial charge in [0.25, 0.3) is 0 Å². The van der Waals surface area contributed by atoms with Crippen molar-refractivity contribution in [1.82, 2.24) is 0 Å². The standard InChI is InChI=1S/C18H19NO3/c1-3-22-14-7-5-4-6-13(14)19-16(20)15-11-8-9-12(10-11)18(15,2)17(19)21/h4-9,11-12,15H,3,10H2,1-2H3/t11-,12+,15+,18+/m1/s1. The Morgan fingerprint density at radius 2 is 2.05 bits per heavy atom. The van der Waals surface area contributed by atoms with Crippen molar-refractivity contribution in [3.63, 3.8) is 0 Å². The first-order valence-corrected chi connectivity index (χ1v) is 7.87. The van der Waals surface area contributed by atoms with Crippen LogP contribution in [-0.4, -0.2) is 18.4 Å². The Bertz CT molecular complexity index is 695. The third kappa shape index (κ3) is 1.47. The number of imide groups is 1. The van der Waals surface area contributed by atoms with Crippen LogP contribution in [0.5, 0.6) is 5.75 Å². The average Bonchev–Trinajstić information content (AvgIpc) is 3.13. The number of hydrogen-bond acceptors (Lipinski definition) is 3. The summed E-state index contributed by atoms with van der Waals surface area (Å²) in [6.45, 7) is 4.35. The molecule has 3 aliphatic rings. The van der Waals surface area contributed by atoms with Gasteiger partial charge in [-0.1, -0.05) is 24.3 Å². The summed E-state index contributed by atoms with van der Waals surface area (Å²) in [6, 6.07) is 7.29. The zero-order chi connectivity index (χ0) is 15.5. The molecule has 2 amide bonds. The maximum Gasteiger partial charge on any atom is 0.241 e. The van der Waals surface area contributed by atoms with E-state index in [4.69, 9.17) is 4.74 Å². The Labute approximate surface area is 129 Å². The molecule has 22 heavy (non-hydrogen) atoms. The van der Waals surface area contributed by atoms with Crippen molar-refractivity contribution < 1.29 is 14.3 Å². The SMILES string of the molecule is CCOc1ccccc1N1C(=O)[C@@H]2[C@@H]3C=C[C@@H](C3)[C@]2(C)C1=O. The van der Waals surface area contributed by atoms with Crippen LogP contribution < -0.4 is 9.64 Å². The molecule has 4 rings (SSSR count). The minimum atomic E-state index is -0.587. The highest BCUT2D eigenvalue weighted by atomic mass is 16.5. The summed E-state index contributed by atoms with van der Waals surface area (Å²) < 4.78 is 5.61. The van der Waals surface area contributed by atoms with Crippen LogP contribution in [0.2, 0.25) is 0 Å². The molecule has 2 fully saturated rings. The minimum Gasteiger partial charge on any atom is -0.492 e. The van der Waals surface area contributed by atoms with Crippen molar-refractivity contribution in [2.75, 3.05) is 11.5 Å². The number of benzene rings is 1.